The van der Waals surface area contributed by atoms with E-state index >= 15 is 0 Å². The number of aliphatic imine (C=N–C) groups is 1. The molecule has 1 rings (SSSR count). The van der Waals surface area contributed by atoms with Gasteiger partial charge in [0, 0.05) is 57.9 Å². The molecule has 0 saturated carbocycles. The van der Waals surface area contributed by atoms with Crippen LogP contribution in [0.3, 0.4) is 0 Å². The van der Waals surface area contributed by atoms with Crippen molar-refractivity contribution < 1.29 is 9.15 Å². The monoisotopic (exact) mass is 366 g/mol. The number of nitrogens with zero attached hydrogens (tertiary/aromatic N) is 2. The quantitative estimate of drug-likeness (QED) is 0.319. The number of hydrogen-bond acceptors (Lipinski definition) is 4. The molecule has 150 valence electrons. The van der Waals surface area contributed by atoms with Crippen LogP contribution in [0.2, 0.25) is 0 Å². The second kappa shape index (κ2) is 13.6. The van der Waals surface area contributed by atoms with E-state index in [9.17, 15) is 0 Å². The Kier molecular flexibility index (Phi) is 11.8. The van der Waals surface area contributed by atoms with Gasteiger partial charge in [-0.2, -0.15) is 0 Å². The summed E-state index contributed by atoms with van der Waals surface area (Å²) in [5, 5.41) is 6.86. The Hall–Kier alpha value is -1.53. The maximum absolute atomic E-state index is 5.38. The van der Waals surface area contributed by atoms with Crippen molar-refractivity contribution >= 4 is 5.96 Å². The zero-order valence-electron chi connectivity index (χ0n) is 17.3. The van der Waals surface area contributed by atoms with Crippen LogP contribution < -0.4 is 10.6 Å². The van der Waals surface area contributed by atoms with Gasteiger partial charge in [0.1, 0.15) is 5.76 Å². The van der Waals surface area contributed by atoms with Crippen LogP contribution in [-0.4, -0.2) is 62.3 Å². The molecule has 0 aliphatic rings. The molecule has 6 heteroatoms. The van der Waals surface area contributed by atoms with Gasteiger partial charge in [-0.3, -0.25) is 9.89 Å². The predicted octanol–water partition coefficient (Wildman–Crippen LogP) is 2.90. The van der Waals surface area contributed by atoms with Crippen molar-refractivity contribution in [2.75, 3.05) is 39.4 Å². The molecule has 0 aromatic carbocycles. The Morgan fingerprint density at radius 2 is 1.92 bits per heavy atom. The maximum atomic E-state index is 5.38. The predicted molar refractivity (Wildman–Crippen MR) is 109 cm³/mol. The fraction of sp³-hybridized carbons (Fsp3) is 0.750. The third-order valence-corrected chi connectivity index (χ3v) is 4.15. The maximum Gasteiger partial charge on any atom is 0.191 e. The van der Waals surface area contributed by atoms with E-state index in [2.05, 4.69) is 48.2 Å². The van der Waals surface area contributed by atoms with Gasteiger partial charge in [0.2, 0.25) is 0 Å². The summed E-state index contributed by atoms with van der Waals surface area (Å²) < 4.78 is 10.8. The van der Waals surface area contributed by atoms with E-state index in [1.807, 2.05) is 19.1 Å². The number of ether oxygens (including phenoxy) is 1. The fourth-order valence-electron chi connectivity index (χ4n) is 2.85. The standard InChI is InChI=1S/C20H38N4O2/c1-6-25-15-8-11-21-20(22-12-10-19-9-7-16-26-19)23-13-14-24(17(2)3)18(4)5/h7,9,16-18H,6,8,10-15H2,1-5H3,(H2,21,22,23). The highest BCUT2D eigenvalue weighted by Gasteiger charge is 2.12. The Bertz CT molecular complexity index is 464. The van der Waals surface area contributed by atoms with Gasteiger partial charge in [0.25, 0.3) is 0 Å². The number of rotatable bonds is 13. The molecule has 6 nitrogen and oxygen atoms in total. The average molecular weight is 367 g/mol. The van der Waals surface area contributed by atoms with Gasteiger partial charge in [-0.15, -0.1) is 0 Å². The van der Waals surface area contributed by atoms with Crippen LogP contribution in [-0.2, 0) is 11.2 Å². The van der Waals surface area contributed by atoms with Crippen molar-refractivity contribution in [3.63, 3.8) is 0 Å². The molecule has 1 heterocycles. The highest BCUT2D eigenvalue weighted by molar-refractivity contribution is 5.79. The molecule has 0 radical (unpaired) electrons. The van der Waals surface area contributed by atoms with Crippen molar-refractivity contribution in [2.45, 2.75) is 59.5 Å². The van der Waals surface area contributed by atoms with Crippen molar-refractivity contribution in [2.24, 2.45) is 4.99 Å². The molecule has 26 heavy (non-hydrogen) atoms. The van der Waals surface area contributed by atoms with Gasteiger partial charge in [-0.25, -0.2) is 0 Å². The Balaban J connectivity index is 2.43. The van der Waals surface area contributed by atoms with Crippen LogP contribution in [0.4, 0.5) is 0 Å². The van der Waals surface area contributed by atoms with Gasteiger partial charge in [-0.1, -0.05) is 0 Å². The molecular formula is C20H38N4O2. The zero-order valence-corrected chi connectivity index (χ0v) is 17.3. The summed E-state index contributed by atoms with van der Waals surface area (Å²) in [6.07, 6.45) is 3.49. The molecule has 0 fully saturated rings. The smallest absolute Gasteiger partial charge is 0.191 e. The van der Waals surface area contributed by atoms with Gasteiger partial charge >= 0.3 is 0 Å². The van der Waals surface area contributed by atoms with Crippen LogP contribution in [0.15, 0.2) is 27.8 Å². The number of hydrogen-bond donors (Lipinski definition) is 2. The molecule has 0 unspecified atom stereocenters. The fourth-order valence-corrected chi connectivity index (χ4v) is 2.85. The number of nitrogens with one attached hydrogen (secondary N) is 2. The Morgan fingerprint density at radius 3 is 2.54 bits per heavy atom. The summed E-state index contributed by atoms with van der Waals surface area (Å²) in [7, 11) is 0. The molecule has 0 saturated heterocycles. The lowest BCUT2D eigenvalue weighted by atomic mass is 10.2. The first-order chi connectivity index (χ1) is 12.5. The van der Waals surface area contributed by atoms with Gasteiger partial charge in [0.05, 0.1) is 6.26 Å². The van der Waals surface area contributed by atoms with E-state index in [4.69, 9.17) is 9.15 Å². The van der Waals surface area contributed by atoms with Crippen LogP contribution >= 0.6 is 0 Å². The first-order valence-corrected chi connectivity index (χ1v) is 9.92. The highest BCUT2D eigenvalue weighted by atomic mass is 16.5. The molecule has 0 atom stereocenters. The van der Waals surface area contributed by atoms with Crippen LogP contribution in [0.1, 0.15) is 46.8 Å². The van der Waals surface area contributed by atoms with Crippen molar-refractivity contribution in [1.29, 1.82) is 0 Å². The summed E-state index contributed by atoms with van der Waals surface area (Å²) in [4.78, 5) is 7.14. The summed E-state index contributed by atoms with van der Waals surface area (Å²) in [5.41, 5.74) is 0. The average Bonchev–Trinajstić information content (AvgIpc) is 3.10. The Morgan fingerprint density at radius 1 is 1.19 bits per heavy atom. The largest absolute Gasteiger partial charge is 0.469 e. The second-order valence-corrected chi connectivity index (χ2v) is 6.89. The SMILES string of the molecule is CCOCCCN=C(NCCc1ccco1)NCCN(C(C)C)C(C)C. The first kappa shape index (κ1) is 22.5. The lowest BCUT2D eigenvalue weighted by molar-refractivity contribution is 0.146. The lowest BCUT2D eigenvalue weighted by Gasteiger charge is -2.30. The van der Waals surface area contributed by atoms with Gasteiger partial charge in [-0.05, 0) is 53.2 Å². The van der Waals surface area contributed by atoms with Crippen molar-refractivity contribution in [1.82, 2.24) is 15.5 Å². The van der Waals surface area contributed by atoms with E-state index < -0.39 is 0 Å². The van der Waals surface area contributed by atoms with E-state index in [0.29, 0.717) is 12.1 Å². The molecule has 1 aromatic heterocycles. The minimum absolute atomic E-state index is 0.537. The first-order valence-electron chi connectivity index (χ1n) is 9.92. The van der Waals surface area contributed by atoms with Crippen LogP contribution in [0.5, 0.6) is 0 Å². The van der Waals surface area contributed by atoms with Gasteiger partial charge in [0.15, 0.2) is 5.96 Å². The molecule has 2 N–H and O–H groups in total. The van der Waals surface area contributed by atoms with E-state index in [1.165, 1.54) is 0 Å². The molecular weight excluding hydrogens is 328 g/mol. The topological polar surface area (TPSA) is 62.0 Å². The third-order valence-electron chi connectivity index (χ3n) is 4.15. The molecule has 0 aliphatic carbocycles. The normalized spacial score (nSPS) is 12.4. The molecule has 0 bridgehead atoms. The molecule has 1 aromatic rings. The summed E-state index contributed by atoms with van der Waals surface area (Å²) in [6.45, 7) is 15.9. The van der Waals surface area contributed by atoms with Crippen molar-refractivity contribution in [3.05, 3.63) is 24.2 Å². The summed E-state index contributed by atoms with van der Waals surface area (Å²) >= 11 is 0. The number of guanidine groups is 1. The zero-order chi connectivity index (χ0) is 19.2. The van der Waals surface area contributed by atoms with Gasteiger partial charge < -0.3 is 19.8 Å². The molecule has 0 spiro atoms. The minimum Gasteiger partial charge on any atom is -0.469 e. The minimum atomic E-state index is 0.537. The summed E-state index contributed by atoms with van der Waals surface area (Å²) in [5.74, 6) is 1.85. The van der Waals surface area contributed by atoms with Crippen LogP contribution in [0, 0.1) is 0 Å². The molecule has 0 amide bonds. The van der Waals surface area contributed by atoms with Crippen molar-refractivity contribution in [3.8, 4) is 0 Å². The lowest BCUT2D eigenvalue weighted by Crippen LogP contribution is -2.45. The van der Waals surface area contributed by atoms with E-state index in [-0.39, 0.29) is 0 Å². The number of furan rings is 1. The second-order valence-electron chi connectivity index (χ2n) is 6.89. The van der Waals surface area contributed by atoms with E-state index in [0.717, 1.165) is 64.0 Å². The summed E-state index contributed by atoms with van der Waals surface area (Å²) in [6, 6.07) is 4.99. The van der Waals surface area contributed by atoms with E-state index in [1.54, 1.807) is 6.26 Å². The Labute approximate surface area is 159 Å². The molecule has 0 aliphatic heterocycles. The van der Waals surface area contributed by atoms with Crippen LogP contribution in [0.25, 0.3) is 0 Å². The highest BCUT2D eigenvalue weighted by Crippen LogP contribution is 2.03. The third kappa shape index (κ3) is 9.82.